The van der Waals surface area contributed by atoms with Crippen molar-refractivity contribution in [2.45, 2.75) is 12.1 Å². The van der Waals surface area contributed by atoms with E-state index in [1.165, 1.54) is 7.11 Å². The van der Waals surface area contributed by atoms with E-state index in [1.54, 1.807) is 6.07 Å². The van der Waals surface area contributed by atoms with Gasteiger partial charge in [-0.25, -0.2) is 4.79 Å². The molecule has 0 bridgehead atoms. The molecule has 0 aliphatic carbocycles. The second-order valence-corrected chi connectivity index (χ2v) is 6.85. The second kappa shape index (κ2) is 7.97. The van der Waals surface area contributed by atoms with Crippen molar-refractivity contribution in [2.24, 2.45) is 0 Å². The molecule has 3 aromatic rings. The number of fused-ring (bicyclic) bond motifs is 1. The number of hydrogen-bond donors (Lipinski definition) is 1. The summed E-state index contributed by atoms with van der Waals surface area (Å²) in [6.07, 6.45) is -0.287. The van der Waals surface area contributed by atoms with Gasteiger partial charge in [0.1, 0.15) is 6.10 Å². The van der Waals surface area contributed by atoms with E-state index in [2.05, 4.69) is 36.2 Å². The topological polar surface area (TPSA) is 47.6 Å². The summed E-state index contributed by atoms with van der Waals surface area (Å²) in [5.41, 5.74) is 3.37. The molecule has 0 amide bonds. The van der Waals surface area contributed by atoms with Gasteiger partial charge in [-0.05, 0) is 33.5 Å². The summed E-state index contributed by atoms with van der Waals surface area (Å²) >= 11 is 0. The van der Waals surface area contributed by atoms with Crippen molar-refractivity contribution in [1.82, 2.24) is 5.32 Å². The molecule has 1 fully saturated rings. The molecule has 142 valence electrons. The van der Waals surface area contributed by atoms with Crippen LogP contribution in [0.25, 0.3) is 16.3 Å². The zero-order valence-electron chi connectivity index (χ0n) is 15.9. The molecule has 1 aliphatic rings. The SMILES string of the molecule is C=C(c1cccc2ccccc12)C1OCCNC1c1ccccc1C(=O)OC. The van der Waals surface area contributed by atoms with Crippen LogP contribution in [-0.4, -0.2) is 32.3 Å². The van der Waals surface area contributed by atoms with Gasteiger partial charge in [0, 0.05) is 6.54 Å². The van der Waals surface area contributed by atoms with Crippen LogP contribution in [0.15, 0.2) is 73.3 Å². The third-order valence-electron chi connectivity index (χ3n) is 5.25. The average molecular weight is 373 g/mol. The Labute approximate surface area is 164 Å². The zero-order valence-corrected chi connectivity index (χ0v) is 15.9. The number of esters is 1. The van der Waals surface area contributed by atoms with Gasteiger partial charge in [-0.2, -0.15) is 0 Å². The van der Waals surface area contributed by atoms with Gasteiger partial charge in [-0.15, -0.1) is 0 Å². The number of carbonyl (C=O) groups excluding carboxylic acids is 1. The molecule has 1 heterocycles. The summed E-state index contributed by atoms with van der Waals surface area (Å²) in [6, 6.07) is 21.8. The Morgan fingerprint density at radius 3 is 2.61 bits per heavy atom. The number of methoxy groups -OCH3 is 1. The van der Waals surface area contributed by atoms with E-state index in [-0.39, 0.29) is 18.1 Å². The maximum Gasteiger partial charge on any atom is 0.338 e. The lowest BCUT2D eigenvalue weighted by Crippen LogP contribution is -2.43. The Balaban J connectivity index is 1.76. The Morgan fingerprint density at radius 1 is 1.04 bits per heavy atom. The molecule has 4 rings (SSSR count). The van der Waals surface area contributed by atoms with Gasteiger partial charge in [0.25, 0.3) is 0 Å². The van der Waals surface area contributed by atoms with Crippen LogP contribution >= 0.6 is 0 Å². The molecular weight excluding hydrogens is 350 g/mol. The van der Waals surface area contributed by atoms with Crippen LogP contribution in [0.1, 0.15) is 27.5 Å². The number of rotatable bonds is 4. The van der Waals surface area contributed by atoms with E-state index in [1.807, 2.05) is 36.4 Å². The van der Waals surface area contributed by atoms with Crippen LogP contribution in [0.5, 0.6) is 0 Å². The van der Waals surface area contributed by atoms with E-state index < -0.39 is 0 Å². The summed E-state index contributed by atoms with van der Waals surface area (Å²) < 4.78 is 11.1. The molecule has 1 saturated heterocycles. The zero-order chi connectivity index (χ0) is 19.5. The van der Waals surface area contributed by atoms with Crippen molar-refractivity contribution in [3.05, 3.63) is 90.0 Å². The van der Waals surface area contributed by atoms with Crippen molar-refractivity contribution < 1.29 is 14.3 Å². The highest BCUT2D eigenvalue weighted by Gasteiger charge is 2.33. The molecule has 28 heavy (non-hydrogen) atoms. The Bertz CT molecular complexity index is 1020. The minimum atomic E-state index is -0.350. The summed E-state index contributed by atoms with van der Waals surface area (Å²) in [6.45, 7) is 5.68. The van der Waals surface area contributed by atoms with Crippen molar-refractivity contribution in [3.63, 3.8) is 0 Å². The van der Waals surface area contributed by atoms with E-state index in [4.69, 9.17) is 9.47 Å². The molecule has 3 aromatic carbocycles. The Hall–Kier alpha value is -2.95. The number of morpholine rings is 1. The molecule has 0 spiro atoms. The number of ether oxygens (including phenoxy) is 2. The Morgan fingerprint density at radius 2 is 1.75 bits per heavy atom. The van der Waals surface area contributed by atoms with Crippen molar-refractivity contribution >= 4 is 22.3 Å². The lowest BCUT2D eigenvalue weighted by molar-refractivity contribution is 0.0314. The van der Waals surface area contributed by atoms with Crippen molar-refractivity contribution in [1.29, 1.82) is 0 Å². The van der Waals surface area contributed by atoms with Gasteiger partial charge in [-0.3, -0.25) is 0 Å². The van der Waals surface area contributed by atoms with Crippen LogP contribution in [0, 0.1) is 0 Å². The third kappa shape index (κ3) is 3.33. The first-order valence-electron chi connectivity index (χ1n) is 9.40. The minimum absolute atomic E-state index is 0.185. The van der Waals surface area contributed by atoms with Gasteiger partial charge < -0.3 is 14.8 Å². The molecule has 4 heteroatoms. The Kier molecular flexibility index (Phi) is 5.24. The predicted molar refractivity (Wildman–Crippen MR) is 111 cm³/mol. The lowest BCUT2D eigenvalue weighted by Gasteiger charge is -2.35. The normalized spacial score (nSPS) is 19.3. The van der Waals surface area contributed by atoms with Crippen LogP contribution in [0.2, 0.25) is 0 Å². The molecule has 0 radical (unpaired) electrons. The molecule has 0 saturated carbocycles. The predicted octanol–water partition coefficient (Wildman–Crippen LogP) is 4.37. The largest absolute Gasteiger partial charge is 0.465 e. The lowest BCUT2D eigenvalue weighted by atomic mass is 9.87. The fourth-order valence-corrected chi connectivity index (χ4v) is 3.90. The van der Waals surface area contributed by atoms with Gasteiger partial charge in [0.2, 0.25) is 0 Å². The van der Waals surface area contributed by atoms with E-state index >= 15 is 0 Å². The quantitative estimate of drug-likeness (QED) is 0.690. The fraction of sp³-hybridized carbons (Fsp3) is 0.208. The van der Waals surface area contributed by atoms with Crippen molar-refractivity contribution in [3.8, 4) is 0 Å². The fourth-order valence-electron chi connectivity index (χ4n) is 3.90. The standard InChI is InChI=1S/C24H23NO3/c1-16(18-13-7-9-17-8-3-4-10-19(17)18)23-22(25-14-15-28-23)20-11-5-6-12-21(20)24(26)27-2/h3-13,22-23,25H,1,14-15H2,2H3. The van der Waals surface area contributed by atoms with E-state index in [9.17, 15) is 4.79 Å². The van der Waals surface area contributed by atoms with Crippen LogP contribution in [0.4, 0.5) is 0 Å². The number of carbonyl (C=O) groups is 1. The number of benzene rings is 3. The highest BCUT2D eigenvalue weighted by Crippen LogP contribution is 2.35. The third-order valence-corrected chi connectivity index (χ3v) is 5.25. The van der Waals surface area contributed by atoms with Gasteiger partial charge >= 0.3 is 5.97 Å². The monoisotopic (exact) mass is 373 g/mol. The summed E-state index contributed by atoms with van der Waals surface area (Å²) in [7, 11) is 1.40. The molecule has 1 N–H and O–H groups in total. The summed E-state index contributed by atoms with van der Waals surface area (Å²) in [5, 5.41) is 5.82. The smallest absolute Gasteiger partial charge is 0.338 e. The average Bonchev–Trinajstić information content (AvgIpc) is 2.77. The van der Waals surface area contributed by atoms with E-state index in [0.717, 1.165) is 27.5 Å². The van der Waals surface area contributed by atoms with Gasteiger partial charge in [0.15, 0.2) is 0 Å². The first kappa shape index (κ1) is 18.4. The molecule has 4 nitrogen and oxygen atoms in total. The first-order chi connectivity index (χ1) is 13.7. The van der Waals surface area contributed by atoms with Crippen LogP contribution in [-0.2, 0) is 9.47 Å². The summed E-state index contributed by atoms with van der Waals surface area (Å²) in [5.74, 6) is -0.350. The second-order valence-electron chi connectivity index (χ2n) is 6.85. The molecule has 2 unspecified atom stereocenters. The maximum atomic E-state index is 12.3. The van der Waals surface area contributed by atoms with Crippen LogP contribution in [0.3, 0.4) is 0 Å². The molecule has 1 aliphatic heterocycles. The van der Waals surface area contributed by atoms with Gasteiger partial charge in [-0.1, -0.05) is 67.2 Å². The van der Waals surface area contributed by atoms with E-state index in [0.29, 0.717) is 18.7 Å². The maximum absolute atomic E-state index is 12.3. The summed E-state index contributed by atoms with van der Waals surface area (Å²) in [4.78, 5) is 12.3. The minimum Gasteiger partial charge on any atom is -0.465 e. The van der Waals surface area contributed by atoms with Crippen molar-refractivity contribution in [2.75, 3.05) is 20.3 Å². The molecular formula is C24H23NO3. The highest BCUT2D eigenvalue weighted by molar-refractivity contribution is 5.95. The number of nitrogens with one attached hydrogen (secondary N) is 1. The van der Waals surface area contributed by atoms with Crippen LogP contribution < -0.4 is 5.32 Å². The first-order valence-corrected chi connectivity index (χ1v) is 9.40. The number of hydrogen-bond acceptors (Lipinski definition) is 4. The highest BCUT2D eigenvalue weighted by atomic mass is 16.5. The molecule has 2 atom stereocenters. The van der Waals surface area contributed by atoms with Gasteiger partial charge in [0.05, 0.1) is 25.3 Å². The molecule has 0 aromatic heterocycles.